The third-order valence-corrected chi connectivity index (χ3v) is 3.06. The van der Waals surface area contributed by atoms with Gasteiger partial charge in [-0.25, -0.2) is 0 Å². The number of hydrogen-bond acceptors (Lipinski definition) is 2. The Balaban J connectivity index is 0.00000180. The second-order valence-electron chi connectivity index (χ2n) is 4.08. The van der Waals surface area contributed by atoms with Crippen LogP contribution in [0.25, 0.3) is 0 Å². The van der Waals surface area contributed by atoms with Crippen molar-refractivity contribution < 1.29 is 5.21 Å². The van der Waals surface area contributed by atoms with Crippen LogP contribution < -0.4 is 0 Å². The molecule has 0 radical (unpaired) electrons. The maximum Gasteiger partial charge on any atom is 0.0492 e. The lowest BCUT2D eigenvalue weighted by molar-refractivity contribution is -0.108. The molecular weight excluding hydrogens is 305 g/mol. The highest BCUT2D eigenvalue weighted by molar-refractivity contribution is 6.30. The average Bonchev–Trinajstić information content (AvgIpc) is 2.35. The average molecular weight is 319 g/mol. The summed E-state index contributed by atoms with van der Waals surface area (Å²) in [7, 11) is 0. The van der Waals surface area contributed by atoms with Gasteiger partial charge in [-0.1, -0.05) is 47.5 Å². The number of nitrogens with zero attached hydrogens (tertiary/aromatic N) is 1. The molecule has 0 aliphatic heterocycles. The highest BCUT2D eigenvalue weighted by atomic mass is 35.5. The highest BCUT2D eigenvalue weighted by Gasteiger charge is 2.03. The molecule has 2 rings (SSSR count). The summed E-state index contributed by atoms with van der Waals surface area (Å²) in [5, 5.41) is 12.5. The van der Waals surface area contributed by atoms with Crippen LogP contribution in [0.5, 0.6) is 0 Å². The van der Waals surface area contributed by atoms with Crippen molar-refractivity contribution in [2.45, 2.75) is 13.1 Å². The standard InChI is InChI=1S/C14H13Cl2NO.ClH/c15-13-5-1-11(2-6-13)9-17(18)10-12-3-7-14(16)8-4-12;/h1-8,18H,9-10H2;1H. The lowest BCUT2D eigenvalue weighted by atomic mass is 10.2. The lowest BCUT2D eigenvalue weighted by Gasteiger charge is -2.15. The van der Waals surface area contributed by atoms with Crippen LogP contribution in [0.3, 0.4) is 0 Å². The van der Waals surface area contributed by atoms with E-state index in [4.69, 9.17) is 23.2 Å². The fourth-order valence-corrected chi connectivity index (χ4v) is 1.91. The first-order chi connectivity index (χ1) is 8.63. The van der Waals surface area contributed by atoms with Crippen molar-refractivity contribution in [3.8, 4) is 0 Å². The molecule has 102 valence electrons. The summed E-state index contributed by atoms with van der Waals surface area (Å²) >= 11 is 11.6. The zero-order valence-corrected chi connectivity index (χ0v) is 12.4. The number of rotatable bonds is 4. The van der Waals surface area contributed by atoms with Crippen molar-refractivity contribution in [3.63, 3.8) is 0 Å². The number of halogens is 3. The smallest absolute Gasteiger partial charge is 0.0492 e. The Bertz CT molecular complexity index is 452. The molecule has 0 aromatic heterocycles. The molecule has 0 aliphatic rings. The second kappa shape index (κ2) is 7.73. The summed E-state index contributed by atoms with van der Waals surface area (Å²) in [6.45, 7) is 0.916. The molecule has 19 heavy (non-hydrogen) atoms. The van der Waals surface area contributed by atoms with Gasteiger partial charge < -0.3 is 5.21 Å². The predicted molar refractivity (Wildman–Crippen MR) is 81.2 cm³/mol. The van der Waals surface area contributed by atoms with Crippen molar-refractivity contribution in [2.75, 3.05) is 0 Å². The van der Waals surface area contributed by atoms with E-state index in [2.05, 4.69) is 0 Å². The molecule has 0 atom stereocenters. The van der Waals surface area contributed by atoms with Crippen molar-refractivity contribution in [1.29, 1.82) is 0 Å². The largest absolute Gasteiger partial charge is 0.313 e. The summed E-state index contributed by atoms with van der Waals surface area (Å²) in [6.07, 6.45) is 0. The molecular formula is C14H14Cl3NO. The third-order valence-electron chi connectivity index (χ3n) is 2.56. The van der Waals surface area contributed by atoms with E-state index in [1.54, 1.807) is 0 Å². The van der Waals surface area contributed by atoms with E-state index >= 15 is 0 Å². The first kappa shape index (κ1) is 16.3. The highest BCUT2D eigenvalue weighted by Crippen LogP contribution is 2.14. The minimum absolute atomic E-state index is 0. The fourth-order valence-electron chi connectivity index (χ4n) is 1.66. The normalized spacial score (nSPS) is 10.3. The number of hydroxylamine groups is 2. The van der Waals surface area contributed by atoms with E-state index in [-0.39, 0.29) is 12.4 Å². The van der Waals surface area contributed by atoms with Crippen LogP contribution in [0, 0.1) is 0 Å². The van der Waals surface area contributed by atoms with Crippen molar-refractivity contribution in [2.24, 2.45) is 0 Å². The van der Waals surface area contributed by atoms with Crippen LogP contribution in [-0.4, -0.2) is 10.3 Å². The molecule has 5 heteroatoms. The zero-order chi connectivity index (χ0) is 13.0. The molecule has 1 N–H and O–H groups in total. The molecule has 2 aromatic carbocycles. The SMILES string of the molecule is Cl.ON(Cc1ccc(Cl)cc1)Cc1ccc(Cl)cc1. The van der Waals surface area contributed by atoms with Gasteiger partial charge in [0.05, 0.1) is 0 Å². The Kier molecular flexibility index (Phi) is 6.63. The summed E-state index contributed by atoms with van der Waals surface area (Å²) in [5.74, 6) is 0. The second-order valence-corrected chi connectivity index (χ2v) is 4.95. The minimum Gasteiger partial charge on any atom is -0.313 e. The van der Waals surface area contributed by atoms with Crippen LogP contribution >= 0.6 is 35.6 Å². The Hall–Kier alpha value is -0.770. The van der Waals surface area contributed by atoms with Crippen molar-refractivity contribution in [3.05, 3.63) is 69.7 Å². The third kappa shape index (κ3) is 5.39. The fraction of sp³-hybridized carbons (Fsp3) is 0.143. The molecule has 0 amide bonds. The molecule has 0 unspecified atom stereocenters. The van der Waals surface area contributed by atoms with Gasteiger partial charge in [-0.2, -0.15) is 5.06 Å². The molecule has 2 aromatic rings. The number of benzene rings is 2. The first-order valence-electron chi connectivity index (χ1n) is 5.56. The van der Waals surface area contributed by atoms with Crippen LogP contribution in [-0.2, 0) is 13.1 Å². The monoisotopic (exact) mass is 317 g/mol. The van der Waals surface area contributed by atoms with Gasteiger partial charge in [0.25, 0.3) is 0 Å². The van der Waals surface area contributed by atoms with E-state index in [0.717, 1.165) is 11.1 Å². The molecule has 0 bridgehead atoms. The lowest BCUT2D eigenvalue weighted by Crippen LogP contribution is -2.17. The van der Waals surface area contributed by atoms with Crippen LogP contribution in [0.2, 0.25) is 10.0 Å². The summed E-state index contributed by atoms with van der Waals surface area (Å²) in [4.78, 5) is 0. The Morgan fingerprint density at radius 3 is 1.37 bits per heavy atom. The Labute approximate surface area is 128 Å². The molecule has 2 nitrogen and oxygen atoms in total. The maximum atomic E-state index is 9.86. The van der Waals surface area contributed by atoms with Crippen LogP contribution in [0.1, 0.15) is 11.1 Å². The molecule has 0 fully saturated rings. The van der Waals surface area contributed by atoms with E-state index < -0.39 is 0 Å². The molecule has 0 saturated heterocycles. The molecule has 0 aliphatic carbocycles. The van der Waals surface area contributed by atoms with Gasteiger partial charge in [-0.15, -0.1) is 12.4 Å². The van der Waals surface area contributed by atoms with Gasteiger partial charge in [0.1, 0.15) is 0 Å². The first-order valence-corrected chi connectivity index (χ1v) is 6.32. The van der Waals surface area contributed by atoms with E-state index in [0.29, 0.717) is 23.1 Å². The topological polar surface area (TPSA) is 23.5 Å². The van der Waals surface area contributed by atoms with E-state index in [9.17, 15) is 5.21 Å². The van der Waals surface area contributed by atoms with Crippen molar-refractivity contribution >= 4 is 35.6 Å². The summed E-state index contributed by atoms with van der Waals surface area (Å²) < 4.78 is 0. The van der Waals surface area contributed by atoms with E-state index in [1.165, 1.54) is 5.06 Å². The van der Waals surface area contributed by atoms with Gasteiger partial charge >= 0.3 is 0 Å². The van der Waals surface area contributed by atoms with Gasteiger partial charge in [-0.05, 0) is 35.4 Å². The minimum atomic E-state index is 0. The summed E-state index contributed by atoms with van der Waals surface area (Å²) in [6, 6.07) is 14.8. The van der Waals surface area contributed by atoms with Crippen LogP contribution in [0.4, 0.5) is 0 Å². The van der Waals surface area contributed by atoms with Crippen LogP contribution in [0.15, 0.2) is 48.5 Å². The number of hydrogen-bond donors (Lipinski definition) is 1. The van der Waals surface area contributed by atoms with Gasteiger partial charge in [0.2, 0.25) is 0 Å². The van der Waals surface area contributed by atoms with Gasteiger partial charge in [0.15, 0.2) is 0 Å². The zero-order valence-electron chi connectivity index (χ0n) is 10.1. The maximum absolute atomic E-state index is 9.86. The molecule has 0 saturated carbocycles. The quantitative estimate of drug-likeness (QED) is 0.818. The predicted octanol–water partition coefficient (Wildman–Crippen LogP) is 4.81. The molecule has 0 heterocycles. The Morgan fingerprint density at radius 1 is 0.737 bits per heavy atom. The van der Waals surface area contributed by atoms with Crippen molar-refractivity contribution in [1.82, 2.24) is 5.06 Å². The summed E-state index contributed by atoms with van der Waals surface area (Å²) in [5.41, 5.74) is 2.02. The van der Waals surface area contributed by atoms with Gasteiger partial charge in [-0.3, -0.25) is 0 Å². The Morgan fingerprint density at radius 2 is 1.05 bits per heavy atom. The van der Waals surface area contributed by atoms with Gasteiger partial charge in [0, 0.05) is 23.1 Å². The van der Waals surface area contributed by atoms with E-state index in [1.807, 2.05) is 48.5 Å². The molecule has 0 spiro atoms.